The zero-order valence-corrected chi connectivity index (χ0v) is 7.95. The first-order chi connectivity index (χ1) is 5.38. The molecule has 0 bridgehead atoms. The summed E-state index contributed by atoms with van der Waals surface area (Å²) in [6.45, 7) is 0. The van der Waals surface area contributed by atoms with E-state index in [1.54, 1.807) is 17.7 Å². The van der Waals surface area contributed by atoms with Crippen molar-refractivity contribution in [2.75, 3.05) is 0 Å². The quantitative estimate of drug-likeness (QED) is 0.800. The van der Waals surface area contributed by atoms with Gasteiger partial charge in [0.25, 0.3) is 0 Å². The lowest BCUT2D eigenvalue weighted by Gasteiger charge is -1.90. The van der Waals surface area contributed by atoms with Gasteiger partial charge in [-0.25, -0.2) is 4.98 Å². The number of aromatic amines is 1. The second kappa shape index (κ2) is 2.79. The molecule has 2 aromatic heterocycles. The van der Waals surface area contributed by atoms with Crippen LogP contribution in [0.25, 0.3) is 10.6 Å². The standard InChI is InChI=1S/C7H5BrN2S/c8-5-1-2-11-7(5)6-3-9-4-10-6/h1-4H,(H,9,10). The molecular formula is C7H5BrN2S. The molecule has 0 aliphatic carbocycles. The molecule has 2 heterocycles. The molecule has 4 heteroatoms. The van der Waals surface area contributed by atoms with Gasteiger partial charge in [-0.3, -0.25) is 0 Å². The van der Waals surface area contributed by atoms with E-state index in [2.05, 4.69) is 25.9 Å². The van der Waals surface area contributed by atoms with Crippen LogP contribution in [0.3, 0.4) is 0 Å². The monoisotopic (exact) mass is 228 g/mol. The van der Waals surface area contributed by atoms with Crippen molar-refractivity contribution in [1.29, 1.82) is 0 Å². The van der Waals surface area contributed by atoms with Crippen LogP contribution in [0, 0.1) is 0 Å². The molecule has 0 aliphatic rings. The maximum absolute atomic E-state index is 3.95. The van der Waals surface area contributed by atoms with Crippen molar-refractivity contribution in [3.63, 3.8) is 0 Å². The van der Waals surface area contributed by atoms with Crippen molar-refractivity contribution in [1.82, 2.24) is 9.97 Å². The second-order valence-corrected chi connectivity index (χ2v) is 3.83. The summed E-state index contributed by atoms with van der Waals surface area (Å²) in [5.41, 5.74) is 1.06. The first-order valence-corrected chi connectivity index (χ1v) is 4.77. The van der Waals surface area contributed by atoms with Crippen LogP contribution in [0.2, 0.25) is 0 Å². The summed E-state index contributed by atoms with van der Waals surface area (Å²) < 4.78 is 1.12. The van der Waals surface area contributed by atoms with Gasteiger partial charge in [0.15, 0.2) is 0 Å². The molecule has 11 heavy (non-hydrogen) atoms. The highest BCUT2D eigenvalue weighted by atomic mass is 79.9. The summed E-state index contributed by atoms with van der Waals surface area (Å²) in [4.78, 5) is 8.20. The Kier molecular flexibility index (Phi) is 1.79. The van der Waals surface area contributed by atoms with Crippen molar-refractivity contribution in [3.05, 3.63) is 28.4 Å². The summed E-state index contributed by atoms with van der Waals surface area (Å²) in [7, 11) is 0. The number of H-pyrrole nitrogens is 1. The van der Waals surface area contributed by atoms with Gasteiger partial charge < -0.3 is 4.98 Å². The number of aromatic nitrogens is 2. The molecule has 2 rings (SSSR count). The summed E-state index contributed by atoms with van der Waals surface area (Å²) in [6.07, 6.45) is 3.50. The van der Waals surface area contributed by atoms with Crippen LogP contribution < -0.4 is 0 Å². The van der Waals surface area contributed by atoms with Crippen LogP contribution in [0.15, 0.2) is 28.4 Å². The van der Waals surface area contributed by atoms with Gasteiger partial charge in [-0.05, 0) is 27.4 Å². The minimum absolute atomic E-state index is 1.06. The normalized spacial score (nSPS) is 10.3. The molecule has 0 aliphatic heterocycles. The van der Waals surface area contributed by atoms with Crippen LogP contribution in [0.4, 0.5) is 0 Å². The third-order valence-electron chi connectivity index (χ3n) is 1.36. The van der Waals surface area contributed by atoms with Gasteiger partial charge in [-0.1, -0.05) is 0 Å². The third-order valence-corrected chi connectivity index (χ3v) is 3.23. The molecule has 0 saturated carbocycles. The highest BCUT2D eigenvalue weighted by Gasteiger charge is 2.03. The fraction of sp³-hybridized carbons (Fsp3) is 0. The molecular weight excluding hydrogens is 224 g/mol. The fourth-order valence-electron chi connectivity index (χ4n) is 0.866. The minimum Gasteiger partial charge on any atom is -0.344 e. The van der Waals surface area contributed by atoms with Crippen LogP contribution in [0.1, 0.15) is 0 Å². The molecule has 0 atom stereocenters. The second-order valence-electron chi connectivity index (χ2n) is 2.06. The Labute approximate surface area is 76.4 Å². The molecule has 0 amide bonds. The van der Waals surface area contributed by atoms with Gasteiger partial charge in [0.05, 0.1) is 23.1 Å². The van der Waals surface area contributed by atoms with Gasteiger partial charge in [0.2, 0.25) is 0 Å². The lowest BCUT2D eigenvalue weighted by Crippen LogP contribution is -1.69. The molecule has 1 N–H and O–H groups in total. The lowest BCUT2D eigenvalue weighted by atomic mass is 10.4. The maximum Gasteiger partial charge on any atom is 0.0924 e. The first-order valence-electron chi connectivity index (χ1n) is 3.09. The van der Waals surface area contributed by atoms with Gasteiger partial charge in [-0.15, -0.1) is 11.3 Å². The molecule has 0 unspecified atom stereocenters. The topological polar surface area (TPSA) is 28.7 Å². The summed E-state index contributed by atoms with van der Waals surface area (Å²) >= 11 is 5.14. The Bertz CT molecular complexity index is 339. The largest absolute Gasteiger partial charge is 0.344 e. The van der Waals surface area contributed by atoms with Crippen molar-refractivity contribution in [2.24, 2.45) is 0 Å². The highest BCUT2D eigenvalue weighted by molar-refractivity contribution is 9.10. The van der Waals surface area contributed by atoms with E-state index in [4.69, 9.17) is 0 Å². The van der Waals surface area contributed by atoms with E-state index in [1.807, 2.05) is 17.6 Å². The van der Waals surface area contributed by atoms with E-state index in [1.165, 1.54) is 4.88 Å². The number of hydrogen-bond acceptors (Lipinski definition) is 2. The number of nitrogens with one attached hydrogen (secondary N) is 1. The zero-order valence-electron chi connectivity index (χ0n) is 5.54. The van der Waals surface area contributed by atoms with E-state index < -0.39 is 0 Å². The molecule has 0 fully saturated rings. The van der Waals surface area contributed by atoms with Crippen molar-refractivity contribution in [2.45, 2.75) is 0 Å². The molecule has 0 spiro atoms. The van der Waals surface area contributed by atoms with Crippen LogP contribution >= 0.6 is 27.3 Å². The number of halogens is 1. The average molecular weight is 229 g/mol. The number of hydrogen-bond donors (Lipinski definition) is 1. The number of nitrogens with zero attached hydrogens (tertiary/aromatic N) is 1. The first kappa shape index (κ1) is 7.06. The summed E-state index contributed by atoms with van der Waals surface area (Å²) in [5.74, 6) is 0. The van der Waals surface area contributed by atoms with Crippen molar-refractivity contribution >= 4 is 27.3 Å². The lowest BCUT2D eigenvalue weighted by molar-refractivity contribution is 1.32. The number of thiophene rings is 1. The predicted octanol–water partition coefficient (Wildman–Crippen LogP) is 2.90. The van der Waals surface area contributed by atoms with Gasteiger partial charge in [0, 0.05) is 4.47 Å². The van der Waals surface area contributed by atoms with E-state index >= 15 is 0 Å². The van der Waals surface area contributed by atoms with Gasteiger partial charge in [-0.2, -0.15) is 0 Å². The molecule has 2 aromatic rings. The molecule has 2 nitrogen and oxygen atoms in total. The Morgan fingerprint density at radius 3 is 3.00 bits per heavy atom. The molecule has 56 valence electrons. The maximum atomic E-state index is 3.95. The smallest absolute Gasteiger partial charge is 0.0924 e. The Morgan fingerprint density at radius 2 is 2.45 bits per heavy atom. The Hall–Kier alpha value is -0.610. The minimum atomic E-state index is 1.06. The van der Waals surface area contributed by atoms with Crippen molar-refractivity contribution in [3.8, 4) is 10.6 Å². The van der Waals surface area contributed by atoms with E-state index in [9.17, 15) is 0 Å². The van der Waals surface area contributed by atoms with E-state index in [0.29, 0.717) is 0 Å². The summed E-state index contributed by atoms with van der Waals surface area (Å²) in [6, 6.07) is 2.03. The zero-order chi connectivity index (χ0) is 7.68. The van der Waals surface area contributed by atoms with Gasteiger partial charge in [0.1, 0.15) is 0 Å². The molecule has 0 saturated heterocycles. The Morgan fingerprint density at radius 1 is 1.55 bits per heavy atom. The van der Waals surface area contributed by atoms with Crippen molar-refractivity contribution < 1.29 is 0 Å². The molecule has 0 radical (unpaired) electrons. The highest BCUT2D eigenvalue weighted by Crippen LogP contribution is 2.31. The van der Waals surface area contributed by atoms with Crippen LogP contribution in [0.5, 0.6) is 0 Å². The SMILES string of the molecule is Brc1ccsc1-c1cnc[nH]1. The van der Waals surface area contributed by atoms with E-state index in [0.717, 1.165) is 10.2 Å². The Balaban J connectivity index is 2.53. The number of imidazole rings is 1. The third kappa shape index (κ3) is 1.23. The fourth-order valence-corrected chi connectivity index (χ4v) is 2.43. The average Bonchev–Trinajstić information content (AvgIpc) is 2.55. The molecule has 0 aromatic carbocycles. The summed E-state index contributed by atoms with van der Waals surface area (Å²) in [5, 5.41) is 2.04. The van der Waals surface area contributed by atoms with Gasteiger partial charge >= 0.3 is 0 Å². The van der Waals surface area contributed by atoms with E-state index in [-0.39, 0.29) is 0 Å². The predicted molar refractivity (Wildman–Crippen MR) is 49.6 cm³/mol. The van der Waals surface area contributed by atoms with Crippen LogP contribution in [-0.4, -0.2) is 9.97 Å². The number of rotatable bonds is 1. The van der Waals surface area contributed by atoms with Crippen LogP contribution in [-0.2, 0) is 0 Å².